The standard InChI is InChI=1S/C19H22ClN3/c1-3-23(4-2)14-17-8-6-5-7-16(17)13-22-18-10-9-15(12-21)19(20)11-18/h5-11,22H,3-4,13-14H2,1-2H3. The summed E-state index contributed by atoms with van der Waals surface area (Å²) in [6, 6.07) is 16.0. The van der Waals surface area contributed by atoms with E-state index < -0.39 is 0 Å². The van der Waals surface area contributed by atoms with Crippen molar-refractivity contribution in [2.75, 3.05) is 18.4 Å². The van der Waals surface area contributed by atoms with Crippen LogP contribution in [0.3, 0.4) is 0 Å². The van der Waals surface area contributed by atoms with Crippen molar-refractivity contribution in [3.05, 3.63) is 64.2 Å². The minimum atomic E-state index is 0.480. The van der Waals surface area contributed by atoms with E-state index in [2.05, 4.69) is 54.4 Å². The van der Waals surface area contributed by atoms with Crippen LogP contribution in [0.15, 0.2) is 42.5 Å². The number of benzene rings is 2. The van der Waals surface area contributed by atoms with Crippen LogP contribution in [0.5, 0.6) is 0 Å². The van der Waals surface area contributed by atoms with Crippen molar-refractivity contribution in [3.8, 4) is 6.07 Å². The third-order valence-corrected chi connectivity index (χ3v) is 4.29. The fourth-order valence-electron chi connectivity index (χ4n) is 2.49. The summed E-state index contributed by atoms with van der Waals surface area (Å²) in [4.78, 5) is 2.40. The molecule has 0 saturated carbocycles. The van der Waals surface area contributed by atoms with Gasteiger partial charge in [-0.25, -0.2) is 0 Å². The average Bonchev–Trinajstić information content (AvgIpc) is 2.58. The highest BCUT2D eigenvalue weighted by molar-refractivity contribution is 6.32. The Balaban J connectivity index is 2.09. The molecule has 0 aliphatic heterocycles. The SMILES string of the molecule is CCN(CC)Cc1ccccc1CNc1ccc(C#N)c(Cl)c1. The van der Waals surface area contributed by atoms with Gasteiger partial charge in [0.25, 0.3) is 0 Å². The molecule has 0 atom stereocenters. The van der Waals surface area contributed by atoms with Gasteiger partial charge < -0.3 is 5.32 Å². The van der Waals surface area contributed by atoms with Crippen molar-refractivity contribution in [2.45, 2.75) is 26.9 Å². The van der Waals surface area contributed by atoms with E-state index in [9.17, 15) is 0 Å². The van der Waals surface area contributed by atoms with Gasteiger partial charge in [-0.2, -0.15) is 5.26 Å². The van der Waals surface area contributed by atoms with Crippen LogP contribution in [-0.2, 0) is 13.1 Å². The largest absolute Gasteiger partial charge is 0.381 e. The maximum Gasteiger partial charge on any atom is 0.101 e. The van der Waals surface area contributed by atoms with Crippen molar-refractivity contribution in [3.63, 3.8) is 0 Å². The smallest absolute Gasteiger partial charge is 0.101 e. The summed E-state index contributed by atoms with van der Waals surface area (Å²) in [6.07, 6.45) is 0. The lowest BCUT2D eigenvalue weighted by molar-refractivity contribution is 0.295. The summed E-state index contributed by atoms with van der Waals surface area (Å²) in [5.74, 6) is 0. The predicted molar refractivity (Wildman–Crippen MR) is 96.6 cm³/mol. The molecule has 120 valence electrons. The molecule has 0 unspecified atom stereocenters. The zero-order chi connectivity index (χ0) is 16.7. The molecule has 0 amide bonds. The Morgan fingerprint density at radius 3 is 2.39 bits per heavy atom. The van der Waals surface area contributed by atoms with Crippen molar-refractivity contribution >= 4 is 17.3 Å². The van der Waals surface area contributed by atoms with Gasteiger partial charge in [0, 0.05) is 18.8 Å². The first-order valence-corrected chi connectivity index (χ1v) is 8.28. The number of hydrogen-bond acceptors (Lipinski definition) is 3. The Morgan fingerprint density at radius 1 is 1.09 bits per heavy atom. The minimum absolute atomic E-state index is 0.480. The molecule has 0 spiro atoms. The number of nitriles is 1. The Labute approximate surface area is 143 Å². The van der Waals surface area contributed by atoms with Crippen LogP contribution < -0.4 is 5.32 Å². The lowest BCUT2D eigenvalue weighted by Gasteiger charge is -2.20. The first kappa shape index (κ1) is 17.3. The molecule has 0 aliphatic carbocycles. The third-order valence-electron chi connectivity index (χ3n) is 3.98. The monoisotopic (exact) mass is 327 g/mol. The second kappa shape index (κ2) is 8.57. The van der Waals surface area contributed by atoms with Crippen molar-refractivity contribution < 1.29 is 0 Å². The summed E-state index contributed by atoms with van der Waals surface area (Å²) in [5.41, 5.74) is 4.04. The Morgan fingerprint density at radius 2 is 1.78 bits per heavy atom. The minimum Gasteiger partial charge on any atom is -0.381 e. The first-order chi connectivity index (χ1) is 11.2. The van der Waals surface area contributed by atoms with Crippen LogP contribution in [0.1, 0.15) is 30.5 Å². The van der Waals surface area contributed by atoms with E-state index in [0.29, 0.717) is 10.6 Å². The summed E-state index contributed by atoms with van der Waals surface area (Å²) in [7, 11) is 0. The molecule has 0 radical (unpaired) electrons. The van der Waals surface area contributed by atoms with E-state index in [0.717, 1.165) is 31.9 Å². The molecule has 0 aliphatic rings. The van der Waals surface area contributed by atoms with Crippen molar-refractivity contribution in [2.24, 2.45) is 0 Å². The Bertz CT molecular complexity index is 687. The highest BCUT2D eigenvalue weighted by Gasteiger charge is 2.07. The molecular weight excluding hydrogens is 306 g/mol. The van der Waals surface area contributed by atoms with Gasteiger partial charge in [0.1, 0.15) is 6.07 Å². The third kappa shape index (κ3) is 4.72. The van der Waals surface area contributed by atoms with Gasteiger partial charge in [-0.15, -0.1) is 0 Å². The number of halogens is 1. The molecule has 4 heteroatoms. The molecule has 0 aromatic heterocycles. The molecule has 2 aromatic rings. The predicted octanol–water partition coefficient (Wildman–Crippen LogP) is 4.67. The number of rotatable bonds is 7. The van der Waals surface area contributed by atoms with E-state index in [-0.39, 0.29) is 0 Å². The Hall–Kier alpha value is -2.02. The lowest BCUT2D eigenvalue weighted by Crippen LogP contribution is -2.23. The van der Waals surface area contributed by atoms with Crippen LogP contribution in [-0.4, -0.2) is 18.0 Å². The maximum absolute atomic E-state index is 8.92. The maximum atomic E-state index is 8.92. The van der Waals surface area contributed by atoms with E-state index in [1.54, 1.807) is 12.1 Å². The molecular formula is C19H22ClN3. The summed E-state index contributed by atoms with van der Waals surface area (Å²) in [6.45, 7) is 8.15. The zero-order valence-electron chi connectivity index (χ0n) is 13.6. The average molecular weight is 328 g/mol. The van der Waals surface area contributed by atoms with E-state index in [4.69, 9.17) is 16.9 Å². The van der Waals surface area contributed by atoms with Crippen LogP contribution in [0.4, 0.5) is 5.69 Å². The topological polar surface area (TPSA) is 39.1 Å². The summed E-state index contributed by atoms with van der Waals surface area (Å²) in [5, 5.41) is 12.8. The summed E-state index contributed by atoms with van der Waals surface area (Å²) < 4.78 is 0. The summed E-state index contributed by atoms with van der Waals surface area (Å²) >= 11 is 6.08. The van der Waals surface area contributed by atoms with Gasteiger partial charge in [0.2, 0.25) is 0 Å². The van der Waals surface area contributed by atoms with Gasteiger partial charge in [-0.3, -0.25) is 4.90 Å². The van der Waals surface area contributed by atoms with Gasteiger partial charge in [0.05, 0.1) is 10.6 Å². The molecule has 0 fully saturated rings. The molecule has 0 heterocycles. The normalized spacial score (nSPS) is 10.6. The highest BCUT2D eigenvalue weighted by atomic mass is 35.5. The van der Waals surface area contributed by atoms with Crippen LogP contribution >= 0.6 is 11.6 Å². The van der Waals surface area contributed by atoms with Gasteiger partial charge in [-0.1, -0.05) is 49.7 Å². The zero-order valence-corrected chi connectivity index (χ0v) is 14.4. The number of anilines is 1. The molecule has 3 nitrogen and oxygen atoms in total. The van der Waals surface area contributed by atoms with Gasteiger partial charge in [0.15, 0.2) is 0 Å². The number of nitrogens with zero attached hydrogens (tertiary/aromatic N) is 2. The molecule has 1 N–H and O–H groups in total. The van der Waals surface area contributed by atoms with E-state index >= 15 is 0 Å². The van der Waals surface area contributed by atoms with E-state index in [1.807, 2.05) is 6.07 Å². The fourth-order valence-corrected chi connectivity index (χ4v) is 2.71. The number of hydrogen-bond donors (Lipinski definition) is 1. The first-order valence-electron chi connectivity index (χ1n) is 7.90. The van der Waals surface area contributed by atoms with Gasteiger partial charge in [-0.05, 0) is 42.4 Å². The van der Waals surface area contributed by atoms with E-state index in [1.165, 1.54) is 11.1 Å². The highest BCUT2D eigenvalue weighted by Crippen LogP contribution is 2.21. The molecule has 2 rings (SSSR count). The second-order valence-electron chi connectivity index (χ2n) is 5.39. The van der Waals surface area contributed by atoms with Crippen LogP contribution in [0.25, 0.3) is 0 Å². The molecule has 0 saturated heterocycles. The van der Waals surface area contributed by atoms with Crippen LogP contribution in [0.2, 0.25) is 5.02 Å². The van der Waals surface area contributed by atoms with Crippen molar-refractivity contribution in [1.82, 2.24) is 4.90 Å². The second-order valence-corrected chi connectivity index (χ2v) is 5.80. The van der Waals surface area contributed by atoms with Crippen LogP contribution in [0, 0.1) is 11.3 Å². The molecule has 23 heavy (non-hydrogen) atoms. The number of nitrogens with one attached hydrogen (secondary N) is 1. The molecule has 2 aromatic carbocycles. The fraction of sp³-hybridized carbons (Fsp3) is 0.316. The molecule has 0 bridgehead atoms. The lowest BCUT2D eigenvalue weighted by atomic mass is 10.1. The van der Waals surface area contributed by atoms with Crippen molar-refractivity contribution in [1.29, 1.82) is 5.26 Å². The Kier molecular flexibility index (Phi) is 6.46. The quantitative estimate of drug-likeness (QED) is 0.803. The van der Waals surface area contributed by atoms with Gasteiger partial charge >= 0.3 is 0 Å².